The van der Waals surface area contributed by atoms with Crippen molar-refractivity contribution in [3.63, 3.8) is 0 Å². The molecule has 7 nitrogen and oxygen atoms in total. The zero-order valence-corrected chi connectivity index (χ0v) is 16.9. The predicted molar refractivity (Wildman–Crippen MR) is 105 cm³/mol. The summed E-state index contributed by atoms with van der Waals surface area (Å²) in [4.78, 5) is 22.8. The monoisotopic (exact) mass is 367 g/mol. The molecule has 2 fully saturated rings. The summed E-state index contributed by atoms with van der Waals surface area (Å²) in [6.07, 6.45) is 3.58. The van der Waals surface area contributed by atoms with Crippen LogP contribution in [0.1, 0.15) is 33.1 Å². The average molecular weight is 368 g/mol. The van der Waals surface area contributed by atoms with Gasteiger partial charge in [0.25, 0.3) is 0 Å². The lowest BCUT2D eigenvalue weighted by molar-refractivity contribution is -0.130. The zero-order valence-electron chi connectivity index (χ0n) is 16.9. The summed E-state index contributed by atoms with van der Waals surface area (Å²) in [5, 5.41) is 3.41. The van der Waals surface area contributed by atoms with Crippen molar-refractivity contribution >= 4 is 11.9 Å². The van der Waals surface area contributed by atoms with Crippen LogP contribution >= 0.6 is 0 Å². The van der Waals surface area contributed by atoms with E-state index in [2.05, 4.69) is 29.1 Å². The van der Waals surface area contributed by atoms with E-state index in [9.17, 15) is 4.79 Å². The van der Waals surface area contributed by atoms with Gasteiger partial charge in [0, 0.05) is 73.0 Å². The number of rotatable bonds is 7. The van der Waals surface area contributed by atoms with Crippen LogP contribution in [-0.2, 0) is 9.53 Å². The molecule has 0 spiro atoms. The van der Waals surface area contributed by atoms with Crippen molar-refractivity contribution in [3.8, 4) is 0 Å². The molecule has 2 heterocycles. The molecule has 0 atom stereocenters. The smallest absolute Gasteiger partial charge is 0.219 e. The maximum Gasteiger partial charge on any atom is 0.219 e. The molecule has 2 rings (SSSR count). The first-order valence-corrected chi connectivity index (χ1v) is 10.1. The highest BCUT2D eigenvalue weighted by molar-refractivity contribution is 5.79. The van der Waals surface area contributed by atoms with Crippen molar-refractivity contribution in [3.05, 3.63) is 0 Å². The lowest BCUT2D eigenvalue weighted by atomic mass is 9.96. The van der Waals surface area contributed by atoms with Crippen molar-refractivity contribution in [2.75, 3.05) is 72.6 Å². The van der Waals surface area contributed by atoms with E-state index in [-0.39, 0.29) is 5.91 Å². The molecular weight excluding hydrogens is 330 g/mol. The molecule has 0 aliphatic carbocycles. The second kappa shape index (κ2) is 11.4. The van der Waals surface area contributed by atoms with E-state index in [4.69, 9.17) is 9.73 Å². The number of carbonyl (C=O) groups excluding carboxylic acids is 1. The Bertz CT molecular complexity index is 443. The van der Waals surface area contributed by atoms with Gasteiger partial charge >= 0.3 is 0 Å². The maximum atomic E-state index is 11.4. The largest absolute Gasteiger partial charge is 0.381 e. The van der Waals surface area contributed by atoms with Crippen LogP contribution in [-0.4, -0.2) is 99.2 Å². The third-order valence-electron chi connectivity index (χ3n) is 5.41. The van der Waals surface area contributed by atoms with E-state index in [1.165, 1.54) is 19.3 Å². The van der Waals surface area contributed by atoms with Gasteiger partial charge in [-0.15, -0.1) is 0 Å². The van der Waals surface area contributed by atoms with E-state index in [0.717, 1.165) is 77.4 Å². The van der Waals surface area contributed by atoms with E-state index in [0.29, 0.717) is 0 Å². The molecule has 0 radical (unpaired) electrons. The van der Waals surface area contributed by atoms with Crippen LogP contribution in [0, 0.1) is 5.92 Å². The van der Waals surface area contributed by atoms with E-state index < -0.39 is 0 Å². The standard InChI is InChI=1S/C19H37N5O2/c1-4-20-19(22(3)9-5-18-6-15-26-16-7-18)21-8-10-23-11-13-24(14-12-23)17(2)25/h18H,4-16H2,1-3H3,(H,20,21). The van der Waals surface area contributed by atoms with Crippen LogP contribution in [0.4, 0.5) is 0 Å². The number of nitrogens with one attached hydrogen (secondary N) is 1. The van der Waals surface area contributed by atoms with E-state index >= 15 is 0 Å². The number of aliphatic imine (C=N–C) groups is 1. The molecule has 0 unspecified atom stereocenters. The Morgan fingerprint density at radius 1 is 1.23 bits per heavy atom. The van der Waals surface area contributed by atoms with Crippen LogP contribution in [0.15, 0.2) is 4.99 Å². The number of carbonyl (C=O) groups is 1. The minimum atomic E-state index is 0.184. The molecule has 2 aliphatic rings. The van der Waals surface area contributed by atoms with Crippen LogP contribution < -0.4 is 5.32 Å². The van der Waals surface area contributed by atoms with Crippen LogP contribution in [0.5, 0.6) is 0 Å². The molecule has 0 aromatic heterocycles. The number of hydrogen-bond donors (Lipinski definition) is 1. The number of hydrogen-bond acceptors (Lipinski definition) is 4. The van der Waals surface area contributed by atoms with Gasteiger partial charge in [0.1, 0.15) is 0 Å². The lowest BCUT2D eigenvalue weighted by Gasteiger charge is -2.34. The Kier molecular flexibility index (Phi) is 9.18. The van der Waals surface area contributed by atoms with Gasteiger partial charge in [-0.1, -0.05) is 0 Å². The van der Waals surface area contributed by atoms with E-state index in [1.54, 1.807) is 6.92 Å². The fourth-order valence-corrected chi connectivity index (χ4v) is 3.57. The van der Waals surface area contributed by atoms with Gasteiger partial charge in [0.05, 0.1) is 6.54 Å². The first kappa shape index (κ1) is 21.0. The first-order valence-electron chi connectivity index (χ1n) is 10.1. The summed E-state index contributed by atoms with van der Waals surface area (Å²) in [5.41, 5.74) is 0. The topological polar surface area (TPSA) is 60.4 Å². The quantitative estimate of drug-likeness (QED) is 0.534. The van der Waals surface area contributed by atoms with Gasteiger partial charge in [-0.2, -0.15) is 0 Å². The molecule has 150 valence electrons. The Morgan fingerprint density at radius 2 is 1.92 bits per heavy atom. The van der Waals surface area contributed by atoms with Crippen molar-refractivity contribution < 1.29 is 9.53 Å². The molecule has 0 aromatic carbocycles. The average Bonchev–Trinajstić information content (AvgIpc) is 2.66. The molecule has 1 amide bonds. The molecule has 26 heavy (non-hydrogen) atoms. The Morgan fingerprint density at radius 3 is 2.54 bits per heavy atom. The number of piperazine rings is 1. The van der Waals surface area contributed by atoms with Crippen molar-refractivity contribution in [1.82, 2.24) is 20.0 Å². The summed E-state index contributed by atoms with van der Waals surface area (Å²) < 4.78 is 5.45. The number of ether oxygens (including phenoxy) is 1. The van der Waals surface area contributed by atoms with Crippen LogP contribution in [0.2, 0.25) is 0 Å². The first-order chi connectivity index (χ1) is 12.6. The van der Waals surface area contributed by atoms with Crippen molar-refractivity contribution in [2.24, 2.45) is 10.9 Å². The normalized spacial score (nSPS) is 20.3. The van der Waals surface area contributed by atoms with E-state index in [1.807, 2.05) is 4.90 Å². The summed E-state index contributed by atoms with van der Waals surface area (Å²) in [5.74, 6) is 1.97. The number of guanidine groups is 1. The zero-order chi connectivity index (χ0) is 18.8. The van der Waals surface area contributed by atoms with Gasteiger partial charge < -0.3 is 19.9 Å². The van der Waals surface area contributed by atoms with Gasteiger partial charge in [-0.25, -0.2) is 0 Å². The third-order valence-corrected chi connectivity index (χ3v) is 5.41. The summed E-state index contributed by atoms with van der Waals surface area (Å²) in [6, 6.07) is 0. The molecule has 1 N–H and O–H groups in total. The molecular formula is C19H37N5O2. The second-order valence-corrected chi connectivity index (χ2v) is 7.35. The van der Waals surface area contributed by atoms with Crippen molar-refractivity contribution in [2.45, 2.75) is 33.1 Å². The summed E-state index contributed by atoms with van der Waals surface area (Å²) in [7, 11) is 2.13. The lowest BCUT2D eigenvalue weighted by Crippen LogP contribution is -2.48. The Labute approximate surface area is 158 Å². The number of amides is 1. The molecule has 2 saturated heterocycles. The highest BCUT2D eigenvalue weighted by atomic mass is 16.5. The van der Waals surface area contributed by atoms with Gasteiger partial charge in [-0.3, -0.25) is 14.7 Å². The SMILES string of the molecule is CCNC(=NCCN1CCN(C(C)=O)CC1)N(C)CCC1CCOCC1. The molecule has 0 saturated carbocycles. The summed E-state index contributed by atoms with van der Waals surface area (Å²) >= 11 is 0. The van der Waals surface area contributed by atoms with Crippen LogP contribution in [0.25, 0.3) is 0 Å². The molecule has 2 aliphatic heterocycles. The fraction of sp³-hybridized carbons (Fsp3) is 0.895. The minimum Gasteiger partial charge on any atom is -0.381 e. The second-order valence-electron chi connectivity index (χ2n) is 7.35. The van der Waals surface area contributed by atoms with Gasteiger partial charge in [0.15, 0.2) is 5.96 Å². The summed E-state index contributed by atoms with van der Waals surface area (Å²) in [6.45, 7) is 12.8. The number of nitrogens with zero attached hydrogens (tertiary/aromatic N) is 4. The van der Waals surface area contributed by atoms with Crippen molar-refractivity contribution in [1.29, 1.82) is 0 Å². The minimum absolute atomic E-state index is 0.184. The molecule has 0 aromatic rings. The highest BCUT2D eigenvalue weighted by Crippen LogP contribution is 2.18. The van der Waals surface area contributed by atoms with Crippen LogP contribution in [0.3, 0.4) is 0 Å². The fourth-order valence-electron chi connectivity index (χ4n) is 3.57. The maximum absolute atomic E-state index is 11.4. The van der Waals surface area contributed by atoms with Gasteiger partial charge in [-0.05, 0) is 32.1 Å². The predicted octanol–water partition coefficient (Wildman–Crippen LogP) is 0.865. The third kappa shape index (κ3) is 7.11. The Hall–Kier alpha value is -1.34. The molecule has 0 bridgehead atoms. The molecule has 7 heteroatoms. The Balaban J connectivity index is 1.72. The van der Waals surface area contributed by atoms with Gasteiger partial charge in [0.2, 0.25) is 5.91 Å². The highest BCUT2D eigenvalue weighted by Gasteiger charge is 2.18.